The molecular formula is C24H24FN3O5. The second kappa shape index (κ2) is 7.55. The average Bonchev–Trinajstić information content (AvgIpc) is 3.34. The van der Waals surface area contributed by atoms with Crippen LogP contribution in [0.3, 0.4) is 0 Å². The Kier molecular flexibility index (Phi) is 4.89. The summed E-state index contributed by atoms with van der Waals surface area (Å²) < 4.78 is 14.2. The van der Waals surface area contributed by atoms with Gasteiger partial charge in [-0.15, -0.1) is 0 Å². The van der Waals surface area contributed by atoms with Gasteiger partial charge in [-0.2, -0.15) is 0 Å². The fourth-order valence-electron chi connectivity index (χ4n) is 5.50. The van der Waals surface area contributed by atoms with E-state index in [9.17, 15) is 29.0 Å². The van der Waals surface area contributed by atoms with Crippen LogP contribution in [0, 0.1) is 17.7 Å². The molecule has 2 saturated heterocycles. The Bertz CT molecular complexity index is 1180. The van der Waals surface area contributed by atoms with E-state index in [4.69, 9.17) is 0 Å². The Balaban J connectivity index is 1.61. The molecule has 2 aromatic carbocycles. The number of fused-ring (bicyclic) bond motifs is 4. The van der Waals surface area contributed by atoms with Gasteiger partial charge in [0.15, 0.2) is 11.5 Å². The van der Waals surface area contributed by atoms with E-state index >= 15 is 0 Å². The predicted molar refractivity (Wildman–Crippen MR) is 116 cm³/mol. The lowest BCUT2D eigenvalue weighted by molar-refractivity contribution is -0.142. The minimum absolute atomic E-state index is 0.218. The van der Waals surface area contributed by atoms with E-state index in [1.165, 1.54) is 35.2 Å². The molecule has 33 heavy (non-hydrogen) atoms. The Hall–Kier alpha value is -3.46. The molecule has 4 atom stereocenters. The number of halogens is 1. The van der Waals surface area contributed by atoms with Gasteiger partial charge in [0.25, 0.3) is 0 Å². The normalized spacial score (nSPS) is 27.9. The van der Waals surface area contributed by atoms with Gasteiger partial charge in [0.2, 0.25) is 17.7 Å². The molecule has 9 heteroatoms. The molecule has 2 aromatic rings. The third kappa shape index (κ3) is 3.02. The standard InChI is InChI=1S/C24H24FN3O5/c1-2-3-8-28-21(31)19-16(9-12-4-7-17(29)18(30)10-12)27-24(20(19)22(28)32)14-11-13(25)5-6-15(14)26-23(24)33/h4-7,10-11,16,19-20,27,29-30H,2-3,8-9H2,1H3,(H,26,33). The van der Waals surface area contributed by atoms with Gasteiger partial charge in [0.1, 0.15) is 11.4 Å². The van der Waals surface area contributed by atoms with Crippen LogP contribution in [0.1, 0.15) is 30.9 Å². The van der Waals surface area contributed by atoms with Crippen molar-refractivity contribution < 1.29 is 29.0 Å². The van der Waals surface area contributed by atoms with Crippen molar-refractivity contribution in [2.24, 2.45) is 11.8 Å². The van der Waals surface area contributed by atoms with Crippen molar-refractivity contribution in [2.75, 3.05) is 11.9 Å². The highest BCUT2D eigenvalue weighted by Crippen LogP contribution is 2.53. The summed E-state index contributed by atoms with van der Waals surface area (Å²) in [6, 6.07) is 7.63. The van der Waals surface area contributed by atoms with Crippen molar-refractivity contribution in [3.05, 3.63) is 53.3 Å². The Morgan fingerprint density at radius 2 is 1.85 bits per heavy atom. The van der Waals surface area contributed by atoms with Crippen molar-refractivity contribution in [3.63, 3.8) is 0 Å². The molecule has 4 N–H and O–H groups in total. The van der Waals surface area contributed by atoms with Gasteiger partial charge < -0.3 is 15.5 Å². The number of phenols is 2. The lowest BCUT2D eigenvalue weighted by Crippen LogP contribution is -2.53. The van der Waals surface area contributed by atoms with Gasteiger partial charge >= 0.3 is 0 Å². The van der Waals surface area contributed by atoms with Crippen LogP contribution in [0.5, 0.6) is 11.5 Å². The van der Waals surface area contributed by atoms with Crippen molar-refractivity contribution in [2.45, 2.75) is 37.8 Å². The average molecular weight is 453 g/mol. The summed E-state index contributed by atoms with van der Waals surface area (Å²) in [6.07, 6.45) is 1.65. The smallest absolute Gasteiger partial charge is 0.250 e. The highest BCUT2D eigenvalue weighted by molar-refractivity contribution is 6.15. The molecule has 2 fully saturated rings. The van der Waals surface area contributed by atoms with E-state index in [0.29, 0.717) is 23.2 Å². The summed E-state index contributed by atoms with van der Waals surface area (Å²) >= 11 is 0. The fourth-order valence-corrected chi connectivity index (χ4v) is 5.50. The number of imide groups is 1. The molecule has 5 rings (SSSR count). The summed E-state index contributed by atoms with van der Waals surface area (Å²) in [4.78, 5) is 41.5. The first-order chi connectivity index (χ1) is 15.8. The van der Waals surface area contributed by atoms with Crippen LogP contribution in [-0.2, 0) is 26.3 Å². The number of phenolic OH excluding ortho intramolecular Hbond substituents is 2. The molecule has 172 valence electrons. The predicted octanol–water partition coefficient (Wildman–Crippen LogP) is 2.00. The number of hydrogen-bond donors (Lipinski definition) is 4. The van der Waals surface area contributed by atoms with E-state index in [1.807, 2.05) is 6.92 Å². The van der Waals surface area contributed by atoms with E-state index < -0.39 is 41.0 Å². The van der Waals surface area contributed by atoms with Crippen LogP contribution < -0.4 is 10.6 Å². The number of carbonyl (C=O) groups excluding carboxylic acids is 3. The summed E-state index contributed by atoms with van der Waals surface area (Å²) in [5, 5.41) is 25.5. The summed E-state index contributed by atoms with van der Waals surface area (Å²) in [5.74, 6) is -4.25. The minimum atomic E-state index is -1.57. The third-order valence-corrected chi connectivity index (χ3v) is 7.00. The van der Waals surface area contributed by atoms with Crippen LogP contribution in [0.4, 0.5) is 10.1 Å². The number of anilines is 1. The monoisotopic (exact) mass is 453 g/mol. The highest BCUT2D eigenvalue weighted by atomic mass is 19.1. The topological polar surface area (TPSA) is 119 Å². The molecule has 3 aliphatic rings. The largest absolute Gasteiger partial charge is 0.504 e. The number of nitrogens with zero attached hydrogens (tertiary/aromatic N) is 1. The number of rotatable bonds is 5. The first-order valence-electron chi connectivity index (χ1n) is 11.0. The number of amides is 3. The van der Waals surface area contributed by atoms with Crippen LogP contribution >= 0.6 is 0 Å². The van der Waals surface area contributed by atoms with E-state index in [-0.39, 0.29) is 30.4 Å². The molecule has 3 aliphatic heterocycles. The van der Waals surface area contributed by atoms with E-state index in [1.54, 1.807) is 6.07 Å². The second-order valence-electron chi connectivity index (χ2n) is 8.92. The van der Waals surface area contributed by atoms with Crippen LogP contribution in [0.2, 0.25) is 0 Å². The molecule has 1 spiro atoms. The number of nitrogens with one attached hydrogen (secondary N) is 2. The third-order valence-electron chi connectivity index (χ3n) is 7.00. The molecule has 4 unspecified atom stereocenters. The maximum atomic E-state index is 14.2. The zero-order valence-electron chi connectivity index (χ0n) is 18.0. The number of carbonyl (C=O) groups is 3. The summed E-state index contributed by atoms with van der Waals surface area (Å²) in [7, 11) is 0. The maximum Gasteiger partial charge on any atom is 0.250 e. The highest BCUT2D eigenvalue weighted by Gasteiger charge is 2.70. The van der Waals surface area contributed by atoms with Crippen molar-refractivity contribution >= 4 is 23.4 Å². The minimum Gasteiger partial charge on any atom is -0.504 e. The zero-order chi connectivity index (χ0) is 23.5. The summed E-state index contributed by atoms with van der Waals surface area (Å²) in [6.45, 7) is 2.22. The molecule has 3 heterocycles. The van der Waals surface area contributed by atoms with Crippen molar-refractivity contribution in [1.82, 2.24) is 10.2 Å². The van der Waals surface area contributed by atoms with Crippen LogP contribution in [0.15, 0.2) is 36.4 Å². The maximum absolute atomic E-state index is 14.2. The van der Waals surface area contributed by atoms with Crippen molar-refractivity contribution in [1.29, 1.82) is 0 Å². The summed E-state index contributed by atoms with van der Waals surface area (Å²) in [5.41, 5.74) is -0.233. The first-order valence-corrected chi connectivity index (χ1v) is 11.0. The van der Waals surface area contributed by atoms with Gasteiger partial charge in [-0.1, -0.05) is 19.4 Å². The van der Waals surface area contributed by atoms with Crippen LogP contribution in [-0.4, -0.2) is 45.4 Å². The number of unbranched alkanes of at least 4 members (excludes halogenated alkanes) is 1. The lowest BCUT2D eigenvalue weighted by Gasteiger charge is -2.29. The number of likely N-dealkylation sites (tertiary alicyclic amines) is 1. The molecule has 0 radical (unpaired) electrons. The molecular weight excluding hydrogens is 429 g/mol. The van der Waals surface area contributed by atoms with Gasteiger partial charge in [0, 0.05) is 23.8 Å². The van der Waals surface area contributed by atoms with E-state index in [0.717, 1.165) is 6.42 Å². The SMILES string of the molecule is CCCCN1C(=O)C2C(Cc3ccc(O)c(O)c3)NC3(C(=O)Nc4ccc(F)cc43)C2C1=O. The van der Waals surface area contributed by atoms with Gasteiger partial charge in [-0.25, -0.2) is 4.39 Å². The first kappa shape index (κ1) is 21.4. The number of benzene rings is 2. The second-order valence-corrected chi connectivity index (χ2v) is 8.92. The fraction of sp³-hybridized carbons (Fsp3) is 0.375. The Morgan fingerprint density at radius 3 is 2.58 bits per heavy atom. The lowest BCUT2D eigenvalue weighted by atomic mass is 9.76. The quantitative estimate of drug-likeness (QED) is 0.406. The molecule has 0 aromatic heterocycles. The number of hydrogen-bond acceptors (Lipinski definition) is 6. The van der Waals surface area contributed by atoms with E-state index in [2.05, 4.69) is 10.6 Å². The number of aromatic hydroxyl groups is 2. The Labute approximate surface area is 189 Å². The van der Waals surface area contributed by atoms with Crippen molar-refractivity contribution in [3.8, 4) is 11.5 Å². The molecule has 8 nitrogen and oxygen atoms in total. The van der Waals surface area contributed by atoms with Gasteiger partial charge in [0.05, 0.1) is 11.8 Å². The molecule has 3 amide bonds. The molecule has 0 saturated carbocycles. The Morgan fingerprint density at radius 1 is 1.06 bits per heavy atom. The molecule has 0 aliphatic carbocycles. The van der Waals surface area contributed by atoms with Crippen LogP contribution in [0.25, 0.3) is 0 Å². The molecule has 0 bridgehead atoms. The zero-order valence-corrected chi connectivity index (χ0v) is 18.0. The van der Waals surface area contributed by atoms with Gasteiger partial charge in [-0.3, -0.25) is 24.6 Å². The van der Waals surface area contributed by atoms with Gasteiger partial charge in [-0.05, 0) is 48.7 Å².